The van der Waals surface area contributed by atoms with Gasteiger partial charge >= 0.3 is 0 Å². The molecule has 7 heteroatoms. The van der Waals surface area contributed by atoms with Crippen LogP contribution in [0.5, 0.6) is 0 Å². The van der Waals surface area contributed by atoms with Crippen LogP contribution in [0.2, 0.25) is 0 Å². The molecule has 0 aliphatic carbocycles. The van der Waals surface area contributed by atoms with Crippen molar-refractivity contribution < 1.29 is 14.1 Å². The molecule has 2 rings (SSSR count). The van der Waals surface area contributed by atoms with Gasteiger partial charge < -0.3 is 20.3 Å². The van der Waals surface area contributed by atoms with Gasteiger partial charge in [0.05, 0.1) is 19.1 Å². The van der Waals surface area contributed by atoms with Crippen molar-refractivity contribution in [3.8, 4) is 0 Å². The summed E-state index contributed by atoms with van der Waals surface area (Å²) in [5.41, 5.74) is 5.78. The Morgan fingerprint density at radius 1 is 1.60 bits per heavy atom. The van der Waals surface area contributed by atoms with Crippen molar-refractivity contribution in [3.63, 3.8) is 0 Å². The summed E-state index contributed by atoms with van der Waals surface area (Å²) in [6.45, 7) is 0.929. The van der Waals surface area contributed by atoms with Crippen LogP contribution in [0.1, 0.15) is 22.4 Å². The average molecular weight is 212 g/mol. The van der Waals surface area contributed by atoms with Gasteiger partial charge in [-0.05, 0) is 0 Å². The Bertz CT molecular complexity index is 365. The van der Waals surface area contributed by atoms with E-state index in [-0.39, 0.29) is 23.7 Å². The topological polar surface area (TPSA) is 103 Å². The SMILES string of the molecule is CNC(=O)c1noc(C2COCC2N)n1. The first-order valence-corrected chi connectivity index (χ1v) is 4.61. The second-order valence-corrected chi connectivity index (χ2v) is 3.34. The molecule has 1 saturated heterocycles. The van der Waals surface area contributed by atoms with Crippen molar-refractivity contribution in [3.05, 3.63) is 11.7 Å². The summed E-state index contributed by atoms with van der Waals surface area (Å²) in [5, 5.41) is 5.97. The van der Waals surface area contributed by atoms with Crippen molar-refractivity contribution in [2.24, 2.45) is 5.73 Å². The molecule has 1 aromatic heterocycles. The van der Waals surface area contributed by atoms with E-state index in [0.717, 1.165) is 0 Å². The van der Waals surface area contributed by atoms with E-state index in [9.17, 15) is 4.79 Å². The highest BCUT2D eigenvalue weighted by Crippen LogP contribution is 2.22. The quantitative estimate of drug-likeness (QED) is 0.643. The molecule has 3 N–H and O–H groups in total. The summed E-state index contributed by atoms with van der Waals surface area (Å²) in [6, 6.07) is -0.150. The second-order valence-electron chi connectivity index (χ2n) is 3.34. The monoisotopic (exact) mass is 212 g/mol. The van der Waals surface area contributed by atoms with Gasteiger partial charge in [0.2, 0.25) is 5.89 Å². The van der Waals surface area contributed by atoms with Gasteiger partial charge in [0.1, 0.15) is 0 Å². The van der Waals surface area contributed by atoms with E-state index in [4.69, 9.17) is 15.0 Å². The molecule has 1 fully saturated rings. The molecular formula is C8H12N4O3. The molecular weight excluding hydrogens is 200 g/mol. The summed E-state index contributed by atoms with van der Waals surface area (Å²) in [7, 11) is 1.50. The minimum absolute atomic E-state index is 0.0200. The van der Waals surface area contributed by atoms with Crippen LogP contribution >= 0.6 is 0 Å². The highest BCUT2D eigenvalue weighted by Gasteiger charge is 2.31. The van der Waals surface area contributed by atoms with Crippen molar-refractivity contribution in [2.45, 2.75) is 12.0 Å². The number of aromatic nitrogens is 2. The highest BCUT2D eigenvalue weighted by atomic mass is 16.5. The maximum Gasteiger partial charge on any atom is 0.292 e. The van der Waals surface area contributed by atoms with Crippen LogP contribution in [0.3, 0.4) is 0 Å². The molecule has 1 aromatic rings. The molecule has 7 nitrogen and oxygen atoms in total. The summed E-state index contributed by atoms with van der Waals surface area (Å²) < 4.78 is 10.1. The summed E-state index contributed by atoms with van der Waals surface area (Å²) in [6.07, 6.45) is 0. The average Bonchev–Trinajstić information content (AvgIpc) is 2.84. The van der Waals surface area contributed by atoms with Gasteiger partial charge in [0, 0.05) is 13.1 Å². The third kappa shape index (κ3) is 1.83. The number of hydrogen-bond acceptors (Lipinski definition) is 6. The van der Waals surface area contributed by atoms with Gasteiger partial charge in [-0.25, -0.2) is 0 Å². The summed E-state index contributed by atoms with van der Waals surface area (Å²) in [4.78, 5) is 15.1. The number of ether oxygens (including phenoxy) is 1. The summed E-state index contributed by atoms with van der Waals surface area (Å²) in [5.74, 6) is -0.112. The predicted molar refractivity (Wildman–Crippen MR) is 49.2 cm³/mol. The minimum Gasteiger partial charge on any atom is -0.379 e. The van der Waals surface area contributed by atoms with Crippen LogP contribution in [-0.2, 0) is 4.74 Å². The fourth-order valence-corrected chi connectivity index (χ4v) is 1.42. The van der Waals surface area contributed by atoms with Crippen molar-refractivity contribution in [2.75, 3.05) is 20.3 Å². The Labute approximate surface area is 86.0 Å². The molecule has 1 aliphatic heterocycles. The molecule has 82 valence electrons. The number of rotatable bonds is 2. The minimum atomic E-state index is -0.377. The smallest absolute Gasteiger partial charge is 0.292 e. The van der Waals surface area contributed by atoms with E-state index in [1.54, 1.807) is 0 Å². The molecule has 0 bridgehead atoms. The first-order valence-electron chi connectivity index (χ1n) is 4.61. The van der Waals surface area contributed by atoms with E-state index < -0.39 is 0 Å². The molecule has 2 atom stereocenters. The fraction of sp³-hybridized carbons (Fsp3) is 0.625. The van der Waals surface area contributed by atoms with E-state index in [1.165, 1.54) is 7.05 Å². The molecule has 0 saturated carbocycles. The molecule has 2 unspecified atom stereocenters. The largest absolute Gasteiger partial charge is 0.379 e. The Morgan fingerprint density at radius 2 is 2.40 bits per heavy atom. The van der Waals surface area contributed by atoms with Gasteiger partial charge in [-0.3, -0.25) is 4.79 Å². The lowest BCUT2D eigenvalue weighted by Crippen LogP contribution is -2.27. The Kier molecular flexibility index (Phi) is 2.65. The summed E-state index contributed by atoms with van der Waals surface area (Å²) >= 11 is 0. The number of nitrogens with zero attached hydrogens (tertiary/aromatic N) is 2. The first-order chi connectivity index (χ1) is 7.22. The highest BCUT2D eigenvalue weighted by molar-refractivity contribution is 5.89. The Balaban J connectivity index is 2.16. The fourth-order valence-electron chi connectivity index (χ4n) is 1.42. The third-order valence-electron chi connectivity index (χ3n) is 2.31. The third-order valence-corrected chi connectivity index (χ3v) is 2.31. The number of hydrogen-bond donors (Lipinski definition) is 2. The Hall–Kier alpha value is -1.47. The maximum absolute atomic E-state index is 11.2. The number of amides is 1. The van der Waals surface area contributed by atoms with Crippen LogP contribution < -0.4 is 11.1 Å². The van der Waals surface area contributed by atoms with Gasteiger partial charge in [0.25, 0.3) is 11.7 Å². The lowest BCUT2D eigenvalue weighted by molar-refractivity contribution is 0.0950. The molecule has 0 radical (unpaired) electrons. The van der Waals surface area contributed by atoms with Gasteiger partial charge in [-0.1, -0.05) is 5.16 Å². The van der Waals surface area contributed by atoms with Crippen LogP contribution in [0.4, 0.5) is 0 Å². The molecule has 0 spiro atoms. The lowest BCUT2D eigenvalue weighted by Gasteiger charge is -2.05. The predicted octanol–water partition coefficient (Wildman–Crippen LogP) is -1.13. The maximum atomic E-state index is 11.2. The van der Waals surface area contributed by atoms with Crippen LogP contribution in [-0.4, -0.2) is 42.4 Å². The van der Waals surface area contributed by atoms with Crippen LogP contribution in [0.15, 0.2) is 4.52 Å². The molecule has 0 aromatic carbocycles. The van der Waals surface area contributed by atoms with Crippen molar-refractivity contribution in [1.29, 1.82) is 0 Å². The zero-order valence-corrected chi connectivity index (χ0v) is 8.27. The van der Waals surface area contributed by atoms with Gasteiger partial charge in [-0.15, -0.1) is 0 Å². The second kappa shape index (κ2) is 3.95. The van der Waals surface area contributed by atoms with E-state index >= 15 is 0 Å². The van der Waals surface area contributed by atoms with E-state index in [0.29, 0.717) is 19.1 Å². The Morgan fingerprint density at radius 3 is 3.00 bits per heavy atom. The number of carbonyl (C=O) groups is 1. The van der Waals surface area contributed by atoms with E-state index in [1.807, 2.05) is 0 Å². The molecule has 15 heavy (non-hydrogen) atoms. The van der Waals surface area contributed by atoms with Gasteiger partial charge in [-0.2, -0.15) is 4.98 Å². The standard InChI is InChI=1S/C8H12N4O3/c1-10-7(13)6-11-8(15-12-6)4-2-14-3-5(4)9/h4-5H,2-3,9H2,1H3,(H,10,13). The number of nitrogens with one attached hydrogen (secondary N) is 1. The normalized spacial score (nSPS) is 25.5. The van der Waals surface area contributed by atoms with Crippen molar-refractivity contribution in [1.82, 2.24) is 15.5 Å². The van der Waals surface area contributed by atoms with E-state index in [2.05, 4.69) is 15.5 Å². The zero-order valence-electron chi connectivity index (χ0n) is 8.27. The molecule has 2 heterocycles. The first kappa shape index (κ1) is 10.1. The molecule has 1 aliphatic rings. The lowest BCUT2D eigenvalue weighted by atomic mass is 10.1. The van der Waals surface area contributed by atoms with Gasteiger partial charge in [0.15, 0.2) is 0 Å². The van der Waals surface area contributed by atoms with Crippen LogP contribution in [0.25, 0.3) is 0 Å². The zero-order chi connectivity index (χ0) is 10.8. The molecule has 1 amide bonds. The van der Waals surface area contributed by atoms with Crippen LogP contribution in [0, 0.1) is 0 Å². The number of nitrogens with two attached hydrogens (primary N) is 1. The van der Waals surface area contributed by atoms with Crippen molar-refractivity contribution >= 4 is 5.91 Å². The number of carbonyl (C=O) groups excluding carboxylic acids is 1.